The Bertz CT molecular complexity index is 505. The fourth-order valence-corrected chi connectivity index (χ4v) is 1.95. The number of carboxylic acids is 1. The van der Waals surface area contributed by atoms with Crippen molar-refractivity contribution in [3.63, 3.8) is 0 Å². The number of halogens is 1. The van der Waals surface area contributed by atoms with Crippen molar-refractivity contribution < 1.29 is 19.1 Å². The van der Waals surface area contributed by atoms with Crippen molar-refractivity contribution in [2.24, 2.45) is 5.92 Å². The molecule has 0 aliphatic rings. The zero-order valence-corrected chi connectivity index (χ0v) is 12.4. The van der Waals surface area contributed by atoms with E-state index < -0.39 is 29.9 Å². The van der Waals surface area contributed by atoms with Crippen molar-refractivity contribution in [2.75, 3.05) is 0 Å². The average Bonchev–Trinajstić information content (AvgIpc) is 2.37. The van der Waals surface area contributed by atoms with Gasteiger partial charge in [-0.05, 0) is 18.9 Å². The van der Waals surface area contributed by atoms with E-state index >= 15 is 0 Å². The topological polar surface area (TPSA) is 78.4 Å². The first-order valence-corrected chi connectivity index (χ1v) is 6.84. The number of urea groups is 1. The summed E-state index contributed by atoms with van der Waals surface area (Å²) in [5.74, 6) is -1.39. The van der Waals surface area contributed by atoms with Gasteiger partial charge in [-0.2, -0.15) is 0 Å². The molecule has 2 atom stereocenters. The van der Waals surface area contributed by atoms with Crippen LogP contribution in [0.5, 0.6) is 0 Å². The van der Waals surface area contributed by atoms with E-state index in [4.69, 9.17) is 5.11 Å². The molecule has 0 aliphatic carbocycles. The summed E-state index contributed by atoms with van der Waals surface area (Å²) in [5, 5.41) is 14.0. The van der Waals surface area contributed by atoms with Crippen molar-refractivity contribution in [1.82, 2.24) is 10.6 Å². The van der Waals surface area contributed by atoms with Crippen LogP contribution >= 0.6 is 0 Å². The van der Waals surface area contributed by atoms with Crippen LogP contribution in [0.3, 0.4) is 0 Å². The molecule has 0 bridgehead atoms. The number of carboxylic acid groups (broad SMARTS) is 1. The van der Waals surface area contributed by atoms with Gasteiger partial charge in [-0.3, -0.25) is 4.79 Å². The Balaban J connectivity index is 2.64. The highest BCUT2D eigenvalue weighted by Gasteiger charge is 2.20. The number of aliphatic carboxylic acids is 1. The van der Waals surface area contributed by atoms with Crippen LogP contribution in [0.4, 0.5) is 9.18 Å². The Hall–Kier alpha value is -2.11. The lowest BCUT2D eigenvalue weighted by molar-refractivity contribution is -0.137. The largest absolute Gasteiger partial charge is 0.481 e. The van der Waals surface area contributed by atoms with Crippen LogP contribution in [0.1, 0.15) is 38.8 Å². The van der Waals surface area contributed by atoms with Gasteiger partial charge < -0.3 is 15.7 Å². The molecule has 0 spiro atoms. The summed E-state index contributed by atoms with van der Waals surface area (Å²) in [6.07, 6.45) is -0.154. The molecule has 0 fully saturated rings. The van der Waals surface area contributed by atoms with E-state index in [1.54, 1.807) is 25.1 Å². The fourth-order valence-electron chi connectivity index (χ4n) is 1.95. The molecule has 0 saturated heterocycles. The summed E-state index contributed by atoms with van der Waals surface area (Å²) < 4.78 is 13.6. The number of rotatable bonds is 6. The van der Waals surface area contributed by atoms with E-state index in [1.807, 2.05) is 13.8 Å². The fraction of sp³-hybridized carbons (Fsp3) is 0.467. The van der Waals surface area contributed by atoms with Crippen molar-refractivity contribution in [3.8, 4) is 0 Å². The number of carbonyl (C=O) groups is 2. The molecule has 2 unspecified atom stereocenters. The first-order valence-electron chi connectivity index (χ1n) is 6.84. The van der Waals surface area contributed by atoms with E-state index in [2.05, 4.69) is 10.6 Å². The number of carbonyl (C=O) groups excluding carboxylic acids is 1. The summed E-state index contributed by atoms with van der Waals surface area (Å²) in [6, 6.07) is 4.69. The van der Waals surface area contributed by atoms with Gasteiger partial charge in [0, 0.05) is 11.6 Å². The summed E-state index contributed by atoms with van der Waals surface area (Å²) in [5.41, 5.74) is 0.381. The van der Waals surface area contributed by atoms with Gasteiger partial charge in [-0.15, -0.1) is 0 Å². The molecule has 5 nitrogen and oxygen atoms in total. The van der Waals surface area contributed by atoms with E-state index in [-0.39, 0.29) is 12.3 Å². The minimum absolute atomic E-state index is 0.0179. The second kappa shape index (κ2) is 7.61. The maximum Gasteiger partial charge on any atom is 0.315 e. The van der Waals surface area contributed by atoms with Gasteiger partial charge >= 0.3 is 12.0 Å². The Morgan fingerprint density at radius 1 is 1.19 bits per heavy atom. The third-order valence-electron chi connectivity index (χ3n) is 3.24. The molecular weight excluding hydrogens is 275 g/mol. The Labute approximate surface area is 123 Å². The quantitative estimate of drug-likeness (QED) is 0.755. The summed E-state index contributed by atoms with van der Waals surface area (Å²) in [7, 11) is 0. The average molecular weight is 296 g/mol. The van der Waals surface area contributed by atoms with Crippen LogP contribution in [0.25, 0.3) is 0 Å². The molecule has 0 aromatic heterocycles. The molecule has 3 N–H and O–H groups in total. The lowest BCUT2D eigenvalue weighted by atomic mass is 10.0. The summed E-state index contributed by atoms with van der Waals surface area (Å²) in [6.45, 7) is 5.32. The van der Waals surface area contributed by atoms with Gasteiger partial charge in [0.2, 0.25) is 0 Å². The maximum absolute atomic E-state index is 13.6. The van der Waals surface area contributed by atoms with Crippen LogP contribution in [0.2, 0.25) is 0 Å². The SMILES string of the molecule is CC(NC(=O)NC(CC(=O)O)C(C)C)c1ccccc1F. The second-order valence-corrected chi connectivity index (χ2v) is 5.31. The number of amides is 2. The maximum atomic E-state index is 13.6. The van der Waals surface area contributed by atoms with Crippen molar-refractivity contribution >= 4 is 12.0 Å². The zero-order valence-electron chi connectivity index (χ0n) is 12.4. The van der Waals surface area contributed by atoms with E-state index in [9.17, 15) is 14.0 Å². The van der Waals surface area contributed by atoms with Gasteiger partial charge in [0.05, 0.1) is 12.5 Å². The van der Waals surface area contributed by atoms with E-state index in [0.717, 1.165) is 0 Å². The van der Waals surface area contributed by atoms with Crippen LogP contribution in [-0.4, -0.2) is 23.1 Å². The van der Waals surface area contributed by atoms with Crippen molar-refractivity contribution in [2.45, 2.75) is 39.3 Å². The van der Waals surface area contributed by atoms with Crippen LogP contribution < -0.4 is 10.6 Å². The van der Waals surface area contributed by atoms with Gasteiger partial charge in [0.1, 0.15) is 5.82 Å². The van der Waals surface area contributed by atoms with E-state index in [0.29, 0.717) is 5.56 Å². The predicted molar refractivity (Wildman–Crippen MR) is 77.4 cm³/mol. The smallest absolute Gasteiger partial charge is 0.315 e. The normalized spacial score (nSPS) is 13.6. The third-order valence-corrected chi connectivity index (χ3v) is 3.24. The molecule has 116 valence electrons. The molecule has 0 heterocycles. The first kappa shape index (κ1) is 16.9. The zero-order chi connectivity index (χ0) is 16.0. The molecule has 6 heteroatoms. The summed E-state index contributed by atoms with van der Waals surface area (Å²) >= 11 is 0. The molecule has 0 aliphatic heterocycles. The molecule has 0 saturated carbocycles. The Morgan fingerprint density at radius 2 is 1.81 bits per heavy atom. The molecule has 1 aromatic carbocycles. The molecule has 2 amide bonds. The molecule has 21 heavy (non-hydrogen) atoms. The minimum Gasteiger partial charge on any atom is -0.481 e. The molecule has 1 aromatic rings. The van der Waals surface area contributed by atoms with Crippen LogP contribution in [-0.2, 0) is 4.79 Å². The van der Waals surface area contributed by atoms with Crippen LogP contribution in [0, 0.1) is 11.7 Å². The lowest BCUT2D eigenvalue weighted by Gasteiger charge is -2.23. The van der Waals surface area contributed by atoms with Crippen molar-refractivity contribution in [3.05, 3.63) is 35.6 Å². The van der Waals surface area contributed by atoms with Gasteiger partial charge in [0.25, 0.3) is 0 Å². The minimum atomic E-state index is -0.976. The van der Waals surface area contributed by atoms with Gasteiger partial charge in [-0.1, -0.05) is 32.0 Å². The number of hydrogen-bond donors (Lipinski definition) is 3. The highest BCUT2D eigenvalue weighted by Crippen LogP contribution is 2.16. The highest BCUT2D eigenvalue weighted by atomic mass is 19.1. The molecule has 0 radical (unpaired) electrons. The first-order chi connectivity index (χ1) is 9.81. The van der Waals surface area contributed by atoms with Gasteiger partial charge in [0.15, 0.2) is 0 Å². The lowest BCUT2D eigenvalue weighted by Crippen LogP contribution is -2.46. The summed E-state index contributed by atoms with van der Waals surface area (Å²) in [4.78, 5) is 22.7. The predicted octanol–water partition coefficient (Wildman–Crippen LogP) is 2.69. The number of nitrogens with one attached hydrogen (secondary N) is 2. The molecular formula is C15H21FN2O3. The van der Waals surface area contributed by atoms with Gasteiger partial charge in [-0.25, -0.2) is 9.18 Å². The molecule has 1 rings (SSSR count). The van der Waals surface area contributed by atoms with Crippen LogP contribution in [0.15, 0.2) is 24.3 Å². The second-order valence-electron chi connectivity index (χ2n) is 5.31. The highest BCUT2D eigenvalue weighted by molar-refractivity contribution is 5.76. The number of hydrogen-bond acceptors (Lipinski definition) is 2. The standard InChI is InChI=1S/C15H21FN2O3/c1-9(2)13(8-14(19)20)18-15(21)17-10(3)11-6-4-5-7-12(11)16/h4-7,9-10,13H,8H2,1-3H3,(H,19,20)(H2,17,18,21). The van der Waals surface area contributed by atoms with E-state index in [1.165, 1.54) is 6.07 Å². The Kier molecular flexibility index (Phi) is 6.14. The number of benzene rings is 1. The Morgan fingerprint density at radius 3 is 2.33 bits per heavy atom. The third kappa shape index (κ3) is 5.41. The van der Waals surface area contributed by atoms with Crippen molar-refractivity contribution in [1.29, 1.82) is 0 Å². The monoisotopic (exact) mass is 296 g/mol.